The lowest BCUT2D eigenvalue weighted by Crippen LogP contribution is -2.17. The Morgan fingerprint density at radius 1 is 1.57 bits per heavy atom. The first-order valence-electron chi connectivity index (χ1n) is 5.07. The second-order valence-electron chi connectivity index (χ2n) is 4.22. The third-order valence-corrected chi connectivity index (χ3v) is 4.28. The summed E-state index contributed by atoms with van der Waals surface area (Å²) >= 11 is 1.95. The van der Waals surface area contributed by atoms with Crippen molar-refractivity contribution in [1.29, 1.82) is 0 Å². The Hall–Kier alpha value is -0.410. The van der Waals surface area contributed by atoms with E-state index in [9.17, 15) is 0 Å². The van der Waals surface area contributed by atoms with Crippen molar-refractivity contribution < 1.29 is 4.42 Å². The van der Waals surface area contributed by atoms with Crippen LogP contribution in [0, 0.1) is 12.3 Å². The molecule has 0 aliphatic heterocycles. The summed E-state index contributed by atoms with van der Waals surface area (Å²) in [5, 5.41) is 0. The molecule has 2 rings (SSSR count). The second kappa shape index (κ2) is 3.99. The molecule has 0 saturated heterocycles. The van der Waals surface area contributed by atoms with E-state index in [-0.39, 0.29) is 0 Å². The normalized spacial score (nSPS) is 18.4. The topological polar surface area (TPSA) is 39.2 Å². The van der Waals surface area contributed by atoms with Crippen LogP contribution in [0.3, 0.4) is 0 Å². The molecular formula is C11H17NOS. The summed E-state index contributed by atoms with van der Waals surface area (Å²) in [7, 11) is 0. The summed E-state index contributed by atoms with van der Waals surface area (Å²) in [5.74, 6) is 3.28. The summed E-state index contributed by atoms with van der Waals surface area (Å²) in [6.07, 6.45) is 4.39. The SMILES string of the molecule is Cc1ccoc1CSCC1(CN)CC1. The maximum absolute atomic E-state index is 5.72. The van der Waals surface area contributed by atoms with E-state index in [1.807, 2.05) is 17.8 Å². The third-order valence-electron chi connectivity index (χ3n) is 3.00. The van der Waals surface area contributed by atoms with Crippen LogP contribution in [0.4, 0.5) is 0 Å². The van der Waals surface area contributed by atoms with Gasteiger partial charge in [-0.2, -0.15) is 11.8 Å². The summed E-state index contributed by atoms with van der Waals surface area (Å²) < 4.78 is 5.38. The lowest BCUT2D eigenvalue weighted by Gasteiger charge is -2.10. The molecule has 0 radical (unpaired) electrons. The molecule has 0 bridgehead atoms. The Morgan fingerprint density at radius 2 is 2.36 bits per heavy atom. The van der Waals surface area contributed by atoms with Crippen LogP contribution in [0.25, 0.3) is 0 Å². The van der Waals surface area contributed by atoms with Gasteiger partial charge in [-0.05, 0) is 43.4 Å². The van der Waals surface area contributed by atoms with Crippen LogP contribution in [0.2, 0.25) is 0 Å². The molecule has 1 aromatic rings. The molecule has 1 saturated carbocycles. The van der Waals surface area contributed by atoms with Gasteiger partial charge in [0.1, 0.15) is 5.76 Å². The molecule has 0 unspecified atom stereocenters. The molecule has 1 aliphatic rings. The number of nitrogens with two attached hydrogens (primary N) is 1. The summed E-state index contributed by atoms with van der Waals surface area (Å²) in [6.45, 7) is 2.94. The van der Waals surface area contributed by atoms with E-state index in [2.05, 4.69) is 6.92 Å². The molecule has 1 heterocycles. The molecule has 0 aromatic carbocycles. The number of rotatable bonds is 5. The molecule has 0 amide bonds. The predicted octanol–water partition coefficient (Wildman–Crippen LogP) is 2.56. The van der Waals surface area contributed by atoms with Crippen molar-refractivity contribution in [2.24, 2.45) is 11.1 Å². The highest BCUT2D eigenvalue weighted by Gasteiger charge is 2.40. The highest BCUT2D eigenvalue weighted by atomic mass is 32.2. The van der Waals surface area contributed by atoms with Crippen LogP contribution in [0.15, 0.2) is 16.7 Å². The minimum atomic E-state index is 0.477. The van der Waals surface area contributed by atoms with E-state index in [4.69, 9.17) is 10.2 Å². The first-order valence-corrected chi connectivity index (χ1v) is 6.22. The van der Waals surface area contributed by atoms with Crippen LogP contribution in [-0.4, -0.2) is 12.3 Å². The van der Waals surface area contributed by atoms with E-state index < -0.39 is 0 Å². The Bertz CT molecular complexity index is 304. The number of hydrogen-bond donors (Lipinski definition) is 1. The van der Waals surface area contributed by atoms with Crippen LogP contribution in [0.5, 0.6) is 0 Å². The fourth-order valence-electron chi connectivity index (χ4n) is 1.50. The van der Waals surface area contributed by atoms with Crippen LogP contribution in [-0.2, 0) is 5.75 Å². The molecule has 1 aromatic heterocycles. The molecule has 3 heteroatoms. The highest BCUT2D eigenvalue weighted by Crippen LogP contribution is 2.47. The molecule has 2 N–H and O–H groups in total. The van der Waals surface area contributed by atoms with Gasteiger partial charge in [-0.1, -0.05) is 0 Å². The molecular weight excluding hydrogens is 194 g/mol. The fraction of sp³-hybridized carbons (Fsp3) is 0.636. The monoisotopic (exact) mass is 211 g/mol. The first kappa shape index (κ1) is 10.1. The van der Waals surface area contributed by atoms with Gasteiger partial charge in [0, 0.05) is 5.75 Å². The lowest BCUT2D eigenvalue weighted by atomic mass is 10.1. The first-order chi connectivity index (χ1) is 6.76. The standard InChI is InChI=1S/C11H17NOS/c1-9-2-5-13-10(9)6-14-8-11(7-12)3-4-11/h2,5H,3-4,6-8,12H2,1H3. The van der Waals surface area contributed by atoms with Crippen molar-refractivity contribution in [3.05, 3.63) is 23.7 Å². The molecule has 0 atom stereocenters. The second-order valence-corrected chi connectivity index (χ2v) is 5.21. The molecule has 1 fully saturated rings. The molecule has 14 heavy (non-hydrogen) atoms. The zero-order valence-corrected chi connectivity index (χ0v) is 9.40. The Morgan fingerprint density at radius 3 is 2.86 bits per heavy atom. The van der Waals surface area contributed by atoms with Gasteiger partial charge in [0.05, 0.1) is 12.0 Å². The molecule has 78 valence electrons. The Kier molecular flexibility index (Phi) is 2.88. The van der Waals surface area contributed by atoms with Crippen LogP contribution < -0.4 is 5.73 Å². The maximum Gasteiger partial charge on any atom is 0.116 e. The van der Waals surface area contributed by atoms with E-state index in [1.165, 1.54) is 24.2 Å². The largest absolute Gasteiger partial charge is 0.468 e. The van der Waals surface area contributed by atoms with Crippen molar-refractivity contribution in [2.45, 2.75) is 25.5 Å². The summed E-state index contributed by atoms with van der Waals surface area (Å²) in [6, 6.07) is 2.02. The lowest BCUT2D eigenvalue weighted by molar-refractivity contribution is 0.527. The number of aryl methyl sites for hydroxylation is 1. The van der Waals surface area contributed by atoms with Gasteiger partial charge in [0.15, 0.2) is 0 Å². The van der Waals surface area contributed by atoms with Crippen LogP contribution >= 0.6 is 11.8 Å². The summed E-state index contributed by atoms with van der Waals surface area (Å²) in [5.41, 5.74) is 7.46. The van der Waals surface area contributed by atoms with Gasteiger partial charge in [-0.3, -0.25) is 0 Å². The number of furan rings is 1. The van der Waals surface area contributed by atoms with Crippen molar-refractivity contribution in [3.8, 4) is 0 Å². The number of hydrogen-bond acceptors (Lipinski definition) is 3. The predicted molar refractivity (Wildman–Crippen MR) is 60.3 cm³/mol. The molecule has 2 nitrogen and oxygen atoms in total. The minimum absolute atomic E-state index is 0.477. The maximum atomic E-state index is 5.72. The van der Waals surface area contributed by atoms with Crippen LogP contribution in [0.1, 0.15) is 24.2 Å². The molecule has 0 spiro atoms. The van der Waals surface area contributed by atoms with E-state index in [0.29, 0.717) is 5.41 Å². The Labute approximate surface area is 89.2 Å². The van der Waals surface area contributed by atoms with Crippen molar-refractivity contribution in [2.75, 3.05) is 12.3 Å². The van der Waals surface area contributed by atoms with E-state index in [0.717, 1.165) is 18.1 Å². The molecule has 1 aliphatic carbocycles. The van der Waals surface area contributed by atoms with E-state index >= 15 is 0 Å². The zero-order valence-electron chi connectivity index (χ0n) is 8.58. The average Bonchev–Trinajstić information content (AvgIpc) is 2.86. The zero-order chi connectivity index (χ0) is 10.0. The van der Waals surface area contributed by atoms with Crippen molar-refractivity contribution >= 4 is 11.8 Å². The fourth-order valence-corrected chi connectivity index (χ4v) is 2.92. The average molecular weight is 211 g/mol. The smallest absolute Gasteiger partial charge is 0.116 e. The van der Waals surface area contributed by atoms with Gasteiger partial charge in [-0.15, -0.1) is 0 Å². The van der Waals surface area contributed by atoms with Gasteiger partial charge < -0.3 is 10.2 Å². The Balaban J connectivity index is 1.76. The third kappa shape index (κ3) is 2.15. The van der Waals surface area contributed by atoms with Gasteiger partial charge >= 0.3 is 0 Å². The summed E-state index contributed by atoms with van der Waals surface area (Å²) in [4.78, 5) is 0. The van der Waals surface area contributed by atoms with Gasteiger partial charge in [0.25, 0.3) is 0 Å². The van der Waals surface area contributed by atoms with Crippen molar-refractivity contribution in [1.82, 2.24) is 0 Å². The van der Waals surface area contributed by atoms with Gasteiger partial charge in [0.2, 0.25) is 0 Å². The van der Waals surface area contributed by atoms with Gasteiger partial charge in [-0.25, -0.2) is 0 Å². The minimum Gasteiger partial charge on any atom is -0.468 e. The highest BCUT2D eigenvalue weighted by molar-refractivity contribution is 7.98. The number of thioether (sulfide) groups is 1. The quantitative estimate of drug-likeness (QED) is 0.813. The van der Waals surface area contributed by atoms with E-state index in [1.54, 1.807) is 6.26 Å². The van der Waals surface area contributed by atoms with Crippen molar-refractivity contribution in [3.63, 3.8) is 0 Å².